The lowest BCUT2D eigenvalue weighted by atomic mass is 10.0. The summed E-state index contributed by atoms with van der Waals surface area (Å²) in [5.41, 5.74) is 0. The van der Waals surface area contributed by atoms with Gasteiger partial charge < -0.3 is 0 Å². The third-order valence-electron chi connectivity index (χ3n) is 1.91. The van der Waals surface area contributed by atoms with Gasteiger partial charge in [-0.3, -0.25) is 0 Å². The van der Waals surface area contributed by atoms with Crippen LogP contribution in [0.4, 0.5) is 0 Å². The highest BCUT2D eigenvalue weighted by molar-refractivity contribution is 8.07. The minimum atomic E-state index is 1.12. The lowest BCUT2D eigenvalue weighted by Gasteiger charge is -2.02. The van der Waals surface area contributed by atoms with Crippen LogP contribution in [0.1, 0.15) is 25.7 Å². The highest BCUT2D eigenvalue weighted by atomic mass is 32.2. The summed E-state index contributed by atoms with van der Waals surface area (Å²) in [5.74, 6) is 0. The summed E-state index contributed by atoms with van der Waals surface area (Å²) < 4.78 is 0. The van der Waals surface area contributed by atoms with Gasteiger partial charge in [-0.2, -0.15) is 11.8 Å². The van der Waals surface area contributed by atoms with E-state index in [1.165, 1.54) is 25.7 Å². The number of fused-ring (bicyclic) bond motifs is 1. The van der Waals surface area contributed by atoms with Gasteiger partial charge in [0.15, 0.2) is 0 Å². The largest absolute Gasteiger partial charge is 0.153 e. The Hall–Kier alpha value is 0.350. The van der Waals surface area contributed by atoms with Crippen molar-refractivity contribution < 1.29 is 0 Å². The first-order valence-electron chi connectivity index (χ1n) is 3.12. The van der Waals surface area contributed by atoms with Crippen molar-refractivity contribution in [3.05, 3.63) is 0 Å². The summed E-state index contributed by atoms with van der Waals surface area (Å²) in [5, 5.41) is 2.24. The van der Waals surface area contributed by atoms with E-state index in [0.717, 1.165) is 10.5 Å². The van der Waals surface area contributed by atoms with Crippen molar-refractivity contribution in [1.29, 1.82) is 0 Å². The van der Waals surface area contributed by atoms with Crippen LogP contribution in [0.2, 0.25) is 0 Å². The highest BCUT2D eigenvalue weighted by Gasteiger charge is 2.39. The second kappa shape index (κ2) is 1.41. The van der Waals surface area contributed by atoms with E-state index in [0.29, 0.717) is 0 Å². The van der Waals surface area contributed by atoms with Crippen molar-refractivity contribution in [1.82, 2.24) is 0 Å². The summed E-state index contributed by atoms with van der Waals surface area (Å²) in [4.78, 5) is 0. The molecule has 0 amide bonds. The van der Waals surface area contributed by atoms with Crippen LogP contribution < -0.4 is 0 Å². The number of thioether (sulfide) groups is 1. The van der Waals surface area contributed by atoms with Crippen molar-refractivity contribution in [2.75, 3.05) is 0 Å². The van der Waals surface area contributed by atoms with Crippen molar-refractivity contribution in [3.8, 4) is 0 Å². The first-order valence-corrected chi connectivity index (χ1v) is 4.06. The molecule has 2 atom stereocenters. The minimum Gasteiger partial charge on any atom is -0.153 e. The lowest BCUT2D eigenvalue weighted by molar-refractivity contribution is 0.571. The maximum atomic E-state index is 2.20. The van der Waals surface area contributed by atoms with Crippen molar-refractivity contribution in [2.24, 2.45) is 0 Å². The second-order valence-electron chi connectivity index (χ2n) is 2.50. The van der Waals surface area contributed by atoms with E-state index in [1.54, 1.807) is 0 Å². The molecule has 0 aromatic heterocycles. The lowest BCUT2D eigenvalue weighted by Crippen LogP contribution is -2.00. The molecule has 2 aliphatic rings. The normalized spacial score (nSPS) is 48.0. The van der Waals surface area contributed by atoms with Crippen LogP contribution in [-0.4, -0.2) is 10.5 Å². The number of hydrogen-bond donors (Lipinski definition) is 0. The van der Waals surface area contributed by atoms with Crippen molar-refractivity contribution in [3.63, 3.8) is 0 Å². The average molecular weight is 114 g/mol. The summed E-state index contributed by atoms with van der Waals surface area (Å²) in [6.45, 7) is 0. The SMILES string of the molecule is C1CC[C@H]2SC2C1. The zero-order chi connectivity index (χ0) is 4.69. The van der Waals surface area contributed by atoms with E-state index in [4.69, 9.17) is 0 Å². The van der Waals surface area contributed by atoms with E-state index in [-0.39, 0.29) is 0 Å². The van der Waals surface area contributed by atoms with Crippen LogP contribution in [0.5, 0.6) is 0 Å². The quantitative estimate of drug-likeness (QED) is 0.434. The zero-order valence-electron chi connectivity index (χ0n) is 4.39. The fourth-order valence-corrected chi connectivity index (χ4v) is 2.61. The average Bonchev–Trinajstić information content (AvgIpc) is 2.41. The first kappa shape index (κ1) is 4.25. The van der Waals surface area contributed by atoms with Crippen molar-refractivity contribution >= 4 is 11.8 Å². The fraction of sp³-hybridized carbons (Fsp3) is 1.00. The Kier molecular flexibility index (Phi) is 0.857. The Morgan fingerprint density at radius 1 is 1.00 bits per heavy atom. The predicted molar refractivity (Wildman–Crippen MR) is 33.6 cm³/mol. The molecular weight excluding hydrogens is 104 g/mol. The van der Waals surface area contributed by atoms with Gasteiger partial charge in [0.25, 0.3) is 0 Å². The third kappa shape index (κ3) is 0.674. The molecule has 0 aromatic carbocycles. The number of rotatable bonds is 0. The molecule has 1 heterocycles. The molecular formula is C6H10S. The van der Waals surface area contributed by atoms with Gasteiger partial charge >= 0.3 is 0 Å². The van der Waals surface area contributed by atoms with E-state index in [9.17, 15) is 0 Å². The van der Waals surface area contributed by atoms with Gasteiger partial charge in [-0.1, -0.05) is 12.8 Å². The van der Waals surface area contributed by atoms with Gasteiger partial charge in [-0.25, -0.2) is 0 Å². The van der Waals surface area contributed by atoms with E-state index in [1.807, 2.05) is 0 Å². The summed E-state index contributed by atoms with van der Waals surface area (Å²) in [6.07, 6.45) is 6.06. The highest BCUT2D eigenvalue weighted by Crippen LogP contribution is 2.50. The van der Waals surface area contributed by atoms with Gasteiger partial charge in [0.2, 0.25) is 0 Å². The zero-order valence-corrected chi connectivity index (χ0v) is 5.21. The predicted octanol–water partition coefficient (Wildman–Crippen LogP) is 2.04. The summed E-state index contributed by atoms with van der Waals surface area (Å²) in [7, 11) is 0. The molecule has 0 radical (unpaired) electrons. The molecule has 7 heavy (non-hydrogen) atoms. The topological polar surface area (TPSA) is 0 Å². The maximum absolute atomic E-state index is 2.20. The molecule has 2 rings (SSSR count). The Morgan fingerprint density at radius 3 is 2.00 bits per heavy atom. The van der Waals surface area contributed by atoms with Crippen LogP contribution >= 0.6 is 11.8 Å². The molecule has 0 spiro atoms. The van der Waals surface area contributed by atoms with E-state index >= 15 is 0 Å². The van der Waals surface area contributed by atoms with Gasteiger partial charge in [-0.15, -0.1) is 0 Å². The molecule has 1 saturated heterocycles. The molecule has 2 fully saturated rings. The maximum Gasteiger partial charge on any atom is 0.0169 e. The van der Waals surface area contributed by atoms with Gasteiger partial charge in [0.05, 0.1) is 0 Å². The summed E-state index contributed by atoms with van der Waals surface area (Å²) in [6, 6.07) is 0. The van der Waals surface area contributed by atoms with Crippen LogP contribution in [0.25, 0.3) is 0 Å². The van der Waals surface area contributed by atoms with E-state index < -0.39 is 0 Å². The fourth-order valence-electron chi connectivity index (χ4n) is 1.38. The smallest absolute Gasteiger partial charge is 0.0169 e. The van der Waals surface area contributed by atoms with Gasteiger partial charge in [0.1, 0.15) is 0 Å². The monoisotopic (exact) mass is 114 g/mol. The molecule has 0 N–H and O–H groups in total. The molecule has 0 aromatic rings. The molecule has 0 bridgehead atoms. The Morgan fingerprint density at radius 2 is 1.57 bits per heavy atom. The molecule has 1 unspecified atom stereocenters. The molecule has 0 nitrogen and oxygen atoms in total. The van der Waals surface area contributed by atoms with E-state index in [2.05, 4.69) is 11.8 Å². The van der Waals surface area contributed by atoms with Gasteiger partial charge in [-0.05, 0) is 12.8 Å². The van der Waals surface area contributed by atoms with Crippen LogP contribution in [0.3, 0.4) is 0 Å². The first-order chi connectivity index (χ1) is 3.47. The van der Waals surface area contributed by atoms with Gasteiger partial charge in [0, 0.05) is 10.5 Å². The molecule has 1 aliphatic heterocycles. The Labute approximate surface area is 48.7 Å². The standard InChI is InChI=1S/C6H10S/c1-2-4-6-5(3-1)7-6/h5-6H,1-4H2/t5-,6?/m1/s1. The molecule has 1 heteroatoms. The Bertz CT molecular complexity index is 70.2. The Balaban J connectivity index is 1.95. The second-order valence-corrected chi connectivity index (χ2v) is 3.98. The summed E-state index contributed by atoms with van der Waals surface area (Å²) >= 11 is 2.20. The number of hydrogen-bond acceptors (Lipinski definition) is 1. The third-order valence-corrected chi connectivity index (χ3v) is 3.43. The molecule has 40 valence electrons. The van der Waals surface area contributed by atoms with Crippen LogP contribution in [0.15, 0.2) is 0 Å². The van der Waals surface area contributed by atoms with Crippen LogP contribution in [-0.2, 0) is 0 Å². The van der Waals surface area contributed by atoms with Crippen LogP contribution in [0, 0.1) is 0 Å². The molecule has 1 aliphatic carbocycles. The van der Waals surface area contributed by atoms with Crippen molar-refractivity contribution in [2.45, 2.75) is 36.2 Å². The minimum absolute atomic E-state index is 1.12. The molecule has 1 saturated carbocycles.